The number of nitrogens with zero attached hydrogens (tertiary/aromatic N) is 1. The van der Waals surface area contributed by atoms with Gasteiger partial charge >= 0.3 is 5.97 Å². The second-order valence-corrected chi connectivity index (χ2v) is 4.30. The van der Waals surface area contributed by atoms with Gasteiger partial charge in [0, 0.05) is 26.2 Å². The zero-order chi connectivity index (χ0) is 11.3. The maximum absolute atomic E-state index is 10.4. The summed E-state index contributed by atoms with van der Waals surface area (Å²) < 4.78 is 5.42. The number of likely N-dealkylation sites (tertiary alicyclic amines) is 1. The predicted octanol–water partition coefficient (Wildman–Crippen LogP) is 1.07. The van der Waals surface area contributed by atoms with Crippen LogP contribution in [0.3, 0.4) is 0 Å². The molecule has 1 rings (SSSR count). The van der Waals surface area contributed by atoms with Gasteiger partial charge in [-0.3, -0.25) is 4.79 Å². The SMILES string of the molecule is CCOC[C@@H]1CN(CCC(=O)O)C[C@H]1C. The molecule has 0 bridgehead atoms. The number of aliphatic carboxylic acids is 1. The Balaban J connectivity index is 2.25. The molecule has 0 aromatic rings. The molecule has 1 N–H and O–H groups in total. The Morgan fingerprint density at radius 1 is 1.53 bits per heavy atom. The van der Waals surface area contributed by atoms with Gasteiger partial charge in [0.2, 0.25) is 0 Å². The van der Waals surface area contributed by atoms with Crippen molar-refractivity contribution in [2.24, 2.45) is 11.8 Å². The Hall–Kier alpha value is -0.610. The maximum Gasteiger partial charge on any atom is 0.304 e. The summed E-state index contributed by atoms with van der Waals surface area (Å²) in [6, 6.07) is 0. The van der Waals surface area contributed by atoms with Crippen LogP contribution in [0, 0.1) is 11.8 Å². The molecule has 0 saturated carbocycles. The molecule has 0 spiro atoms. The van der Waals surface area contributed by atoms with Crippen molar-refractivity contribution in [3.63, 3.8) is 0 Å². The highest BCUT2D eigenvalue weighted by Crippen LogP contribution is 2.23. The molecule has 4 nitrogen and oxygen atoms in total. The smallest absolute Gasteiger partial charge is 0.304 e. The van der Waals surface area contributed by atoms with E-state index in [0.717, 1.165) is 26.3 Å². The van der Waals surface area contributed by atoms with E-state index in [0.29, 0.717) is 18.4 Å². The Bertz CT molecular complexity index is 208. The third-order valence-corrected chi connectivity index (χ3v) is 3.02. The van der Waals surface area contributed by atoms with E-state index in [-0.39, 0.29) is 6.42 Å². The highest BCUT2D eigenvalue weighted by Gasteiger charge is 2.29. The Morgan fingerprint density at radius 2 is 2.27 bits per heavy atom. The van der Waals surface area contributed by atoms with E-state index in [9.17, 15) is 4.79 Å². The van der Waals surface area contributed by atoms with Crippen molar-refractivity contribution in [1.29, 1.82) is 0 Å². The lowest BCUT2D eigenvalue weighted by Gasteiger charge is -2.14. The molecule has 0 unspecified atom stereocenters. The first kappa shape index (κ1) is 12.5. The average Bonchev–Trinajstić information content (AvgIpc) is 2.53. The Labute approximate surface area is 91.2 Å². The predicted molar refractivity (Wildman–Crippen MR) is 57.8 cm³/mol. The van der Waals surface area contributed by atoms with Crippen molar-refractivity contribution < 1.29 is 14.6 Å². The molecule has 1 fully saturated rings. The quantitative estimate of drug-likeness (QED) is 0.720. The highest BCUT2D eigenvalue weighted by molar-refractivity contribution is 5.66. The van der Waals surface area contributed by atoms with E-state index in [1.54, 1.807) is 0 Å². The van der Waals surface area contributed by atoms with Gasteiger partial charge in [0.25, 0.3) is 0 Å². The van der Waals surface area contributed by atoms with Gasteiger partial charge in [-0.1, -0.05) is 6.92 Å². The second-order valence-electron chi connectivity index (χ2n) is 4.30. The molecule has 88 valence electrons. The number of hydrogen-bond acceptors (Lipinski definition) is 3. The van der Waals surface area contributed by atoms with E-state index < -0.39 is 5.97 Å². The zero-order valence-corrected chi connectivity index (χ0v) is 9.61. The molecule has 15 heavy (non-hydrogen) atoms. The van der Waals surface area contributed by atoms with Crippen LogP contribution >= 0.6 is 0 Å². The minimum atomic E-state index is -0.712. The Kier molecular flexibility index (Phi) is 5.05. The molecule has 0 aromatic heterocycles. The molecule has 0 amide bonds. The molecule has 1 saturated heterocycles. The fourth-order valence-corrected chi connectivity index (χ4v) is 2.06. The summed E-state index contributed by atoms with van der Waals surface area (Å²) in [7, 11) is 0. The van der Waals surface area contributed by atoms with E-state index in [2.05, 4.69) is 11.8 Å². The maximum atomic E-state index is 10.4. The fourth-order valence-electron chi connectivity index (χ4n) is 2.06. The molecule has 4 heteroatoms. The number of carboxylic acid groups (broad SMARTS) is 1. The standard InChI is InChI=1S/C11H21NO3/c1-3-15-8-10-7-12(6-9(10)2)5-4-11(13)14/h9-10H,3-8H2,1-2H3,(H,13,14)/t9-,10+/m1/s1. The van der Waals surface area contributed by atoms with Crippen LogP contribution in [0.2, 0.25) is 0 Å². The molecule has 2 atom stereocenters. The van der Waals surface area contributed by atoms with Crippen LogP contribution < -0.4 is 0 Å². The lowest BCUT2D eigenvalue weighted by atomic mass is 9.99. The van der Waals surface area contributed by atoms with E-state index in [1.165, 1.54) is 0 Å². The molecule has 0 aromatic carbocycles. The molecular formula is C11H21NO3. The summed E-state index contributed by atoms with van der Waals surface area (Å²) >= 11 is 0. The molecular weight excluding hydrogens is 194 g/mol. The van der Waals surface area contributed by atoms with Crippen LogP contribution in [-0.2, 0) is 9.53 Å². The summed E-state index contributed by atoms with van der Waals surface area (Å²) in [5, 5.41) is 8.60. The minimum absolute atomic E-state index is 0.244. The number of ether oxygens (including phenoxy) is 1. The van der Waals surface area contributed by atoms with Crippen molar-refractivity contribution in [3.05, 3.63) is 0 Å². The summed E-state index contributed by atoms with van der Waals surface area (Å²) in [5.74, 6) is 0.472. The molecule has 1 aliphatic heterocycles. The lowest BCUT2D eigenvalue weighted by molar-refractivity contribution is -0.137. The summed E-state index contributed by atoms with van der Waals surface area (Å²) in [6.07, 6.45) is 0.244. The second kappa shape index (κ2) is 6.08. The van der Waals surface area contributed by atoms with E-state index >= 15 is 0 Å². The number of rotatable bonds is 6. The van der Waals surface area contributed by atoms with Gasteiger partial charge < -0.3 is 14.7 Å². The largest absolute Gasteiger partial charge is 0.481 e. The minimum Gasteiger partial charge on any atom is -0.481 e. The van der Waals surface area contributed by atoms with Crippen LogP contribution in [0.5, 0.6) is 0 Å². The van der Waals surface area contributed by atoms with Crippen LogP contribution in [0.25, 0.3) is 0 Å². The van der Waals surface area contributed by atoms with Gasteiger partial charge in [-0.15, -0.1) is 0 Å². The van der Waals surface area contributed by atoms with Crippen molar-refractivity contribution in [2.45, 2.75) is 20.3 Å². The molecule has 0 radical (unpaired) electrons. The van der Waals surface area contributed by atoms with E-state index in [4.69, 9.17) is 9.84 Å². The topological polar surface area (TPSA) is 49.8 Å². The summed E-state index contributed by atoms with van der Waals surface area (Å²) in [5.41, 5.74) is 0. The molecule has 1 aliphatic rings. The van der Waals surface area contributed by atoms with Crippen molar-refractivity contribution in [1.82, 2.24) is 4.90 Å². The van der Waals surface area contributed by atoms with Gasteiger partial charge in [0.1, 0.15) is 0 Å². The summed E-state index contributed by atoms with van der Waals surface area (Å²) in [6.45, 7) is 8.44. The third kappa shape index (κ3) is 4.18. The van der Waals surface area contributed by atoms with Crippen molar-refractivity contribution in [3.8, 4) is 0 Å². The van der Waals surface area contributed by atoms with Crippen LogP contribution in [0.4, 0.5) is 0 Å². The first-order chi connectivity index (χ1) is 7.13. The van der Waals surface area contributed by atoms with Gasteiger partial charge in [0.05, 0.1) is 13.0 Å². The monoisotopic (exact) mass is 215 g/mol. The highest BCUT2D eigenvalue weighted by atomic mass is 16.5. The van der Waals surface area contributed by atoms with Crippen LogP contribution in [-0.4, -0.2) is 48.8 Å². The van der Waals surface area contributed by atoms with Crippen LogP contribution in [0.15, 0.2) is 0 Å². The Morgan fingerprint density at radius 3 is 2.87 bits per heavy atom. The van der Waals surface area contributed by atoms with Gasteiger partial charge in [-0.2, -0.15) is 0 Å². The zero-order valence-electron chi connectivity index (χ0n) is 9.61. The normalized spacial score (nSPS) is 27.1. The lowest BCUT2D eigenvalue weighted by Crippen LogP contribution is -2.24. The number of carbonyl (C=O) groups is 1. The average molecular weight is 215 g/mol. The van der Waals surface area contributed by atoms with Gasteiger partial charge in [-0.25, -0.2) is 0 Å². The number of hydrogen-bond donors (Lipinski definition) is 1. The molecule has 1 heterocycles. The number of carboxylic acids is 1. The van der Waals surface area contributed by atoms with E-state index in [1.807, 2.05) is 6.92 Å². The molecule has 0 aliphatic carbocycles. The van der Waals surface area contributed by atoms with Crippen LogP contribution in [0.1, 0.15) is 20.3 Å². The van der Waals surface area contributed by atoms with Crippen molar-refractivity contribution >= 4 is 5.97 Å². The first-order valence-corrected chi connectivity index (χ1v) is 5.65. The van der Waals surface area contributed by atoms with Gasteiger partial charge in [0.15, 0.2) is 0 Å². The summed E-state index contributed by atoms with van der Waals surface area (Å²) in [4.78, 5) is 12.7. The first-order valence-electron chi connectivity index (χ1n) is 5.65. The van der Waals surface area contributed by atoms with Gasteiger partial charge in [-0.05, 0) is 18.8 Å². The van der Waals surface area contributed by atoms with Crippen molar-refractivity contribution in [2.75, 3.05) is 32.8 Å². The fraction of sp³-hybridized carbons (Fsp3) is 0.909. The third-order valence-electron chi connectivity index (χ3n) is 3.02.